The third-order valence-corrected chi connectivity index (χ3v) is 6.43. The minimum absolute atomic E-state index is 0.0488. The fourth-order valence-electron chi connectivity index (χ4n) is 1.94. The molecular formula is C12H17N3O4S2. The molecule has 0 atom stereocenters. The Balaban J connectivity index is 2.28. The first-order chi connectivity index (χ1) is 9.83. The lowest BCUT2D eigenvalue weighted by Gasteiger charge is -2.13. The van der Waals surface area contributed by atoms with Crippen LogP contribution in [0.25, 0.3) is 0 Å². The van der Waals surface area contributed by atoms with Crippen molar-refractivity contribution in [3.63, 3.8) is 0 Å². The molecule has 1 saturated carbocycles. The molecule has 0 saturated heterocycles. The van der Waals surface area contributed by atoms with E-state index in [0.717, 1.165) is 12.8 Å². The normalized spacial score (nSPS) is 16.5. The maximum atomic E-state index is 12.3. The largest absolute Gasteiger partial charge is 0.388 e. The summed E-state index contributed by atoms with van der Waals surface area (Å²) in [6.45, 7) is 0.293. The molecule has 21 heavy (non-hydrogen) atoms. The van der Waals surface area contributed by atoms with Crippen LogP contribution in [0.4, 0.5) is 11.4 Å². The third-order valence-electron chi connectivity index (χ3n) is 3.56. The van der Waals surface area contributed by atoms with E-state index in [1.54, 1.807) is 18.8 Å². The van der Waals surface area contributed by atoms with Crippen LogP contribution in [-0.2, 0) is 10.0 Å². The van der Waals surface area contributed by atoms with Gasteiger partial charge >= 0.3 is 0 Å². The molecule has 0 unspecified atom stereocenters. The Labute approximate surface area is 127 Å². The van der Waals surface area contributed by atoms with Gasteiger partial charge in [-0.05, 0) is 31.2 Å². The lowest BCUT2D eigenvalue weighted by molar-refractivity contribution is -0.387. The van der Waals surface area contributed by atoms with Crippen molar-refractivity contribution in [2.75, 3.05) is 25.2 Å². The average Bonchev–Trinajstić information content (AvgIpc) is 3.25. The number of hydrogen-bond donors (Lipinski definition) is 2. The van der Waals surface area contributed by atoms with Crippen LogP contribution in [0.15, 0.2) is 23.1 Å². The van der Waals surface area contributed by atoms with Crippen LogP contribution in [0.1, 0.15) is 12.8 Å². The Hall–Kier alpha value is -1.32. The molecule has 0 bridgehead atoms. The topological polar surface area (TPSA) is 101 Å². The zero-order chi connectivity index (χ0) is 15.7. The second-order valence-electron chi connectivity index (χ2n) is 4.90. The number of anilines is 1. The number of thioether (sulfide) groups is 1. The van der Waals surface area contributed by atoms with Crippen molar-refractivity contribution in [1.29, 1.82) is 0 Å². The fourth-order valence-corrected chi connectivity index (χ4v) is 4.04. The van der Waals surface area contributed by atoms with Gasteiger partial charge in [-0.2, -0.15) is 11.8 Å². The van der Waals surface area contributed by atoms with Gasteiger partial charge in [0, 0.05) is 30.1 Å². The molecule has 2 N–H and O–H groups in total. The number of nitrogens with zero attached hydrogens (tertiary/aromatic N) is 1. The third kappa shape index (κ3) is 3.47. The number of nitro groups is 1. The smallest absolute Gasteiger partial charge is 0.291 e. The highest BCUT2D eigenvalue weighted by Gasteiger charge is 2.43. The fraction of sp³-hybridized carbons (Fsp3) is 0.500. The Kier molecular flexibility index (Phi) is 4.45. The van der Waals surface area contributed by atoms with Gasteiger partial charge in [0.15, 0.2) is 4.90 Å². The molecule has 0 heterocycles. The summed E-state index contributed by atoms with van der Waals surface area (Å²) in [4.78, 5) is 10.1. The van der Waals surface area contributed by atoms with Crippen LogP contribution >= 0.6 is 11.8 Å². The van der Waals surface area contributed by atoms with Crippen molar-refractivity contribution in [3.05, 3.63) is 28.3 Å². The predicted octanol–water partition coefficient (Wildman–Crippen LogP) is 1.81. The Morgan fingerprint density at radius 2 is 2.10 bits per heavy atom. The monoisotopic (exact) mass is 331 g/mol. The molecule has 1 aromatic carbocycles. The minimum atomic E-state index is -3.90. The highest BCUT2D eigenvalue weighted by Crippen LogP contribution is 2.46. The summed E-state index contributed by atoms with van der Waals surface area (Å²) in [7, 11) is -2.29. The van der Waals surface area contributed by atoms with Crippen LogP contribution in [0.2, 0.25) is 0 Å². The van der Waals surface area contributed by atoms with E-state index in [2.05, 4.69) is 10.0 Å². The zero-order valence-corrected chi connectivity index (χ0v) is 13.4. The van der Waals surface area contributed by atoms with E-state index in [1.807, 2.05) is 6.26 Å². The lowest BCUT2D eigenvalue weighted by Crippen LogP contribution is -2.32. The molecule has 0 amide bonds. The van der Waals surface area contributed by atoms with E-state index < -0.39 is 20.6 Å². The van der Waals surface area contributed by atoms with Gasteiger partial charge in [-0.1, -0.05) is 0 Å². The molecule has 0 aliphatic heterocycles. The molecule has 9 heteroatoms. The lowest BCUT2D eigenvalue weighted by atomic mass is 10.3. The number of sulfonamides is 1. The highest BCUT2D eigenvalue weighted by atomic mass is 32.2. The van der Waals surface area contributed by atoms with Gasteiger partial charge in [0.25, 0.3) is 5.69 Å². The standard InChI is InChI=1S/C12H17N3O4S2/c1-13-9-3-4-11(10(7-9)15(16)17)21(18,19)14-8-12(20-2)5-6-12/h3-4,7,13-14H,5-6,8H2,1-2H3. The van der Waals surface area contributed by atoms with Crippen LogP contribution in [0.5, 0.6) is 0 Å². The van der Waals surface area contributed by atoms with E-state index in [4.69, 9.17) is 0 Å². The summed E-state index contributed by atoms with van der Waals surface area (Å²) in [6, 6.07) is 3.98. The van der Waals surface area contributed by atoms with Crippen molar-refractivity contribution >= 4 is 33.2 Å². The first-order valence-corrected chi connectivity index (χ1v) is 9.05. The SMILES string of the molecule is CNc1ccc(S(=O)(=O)NCC2(SC)CC2)c([N+](=O)[O-])c1. The molecular weight excluding hydrogens is 314 g/mol. The highest BCUT2D eigenvalue weighted by molar-refractivity contribution is 8.00. The summed E-state index contributed by atoms with van der Waals surface area (Å²) in [5, 5.41) is 13.8. The van der Waals surface area contributed by atoms with E-state index in [0.29, 0.717) is 12.2 Å². The van der Waals surface area contributed by atoms with Gasteiger partial charge in [-0.25, -0.2) is 13.1 Å². The molecule has 1 aliphatic carbocycles. The molecule has 2 rings (SSSR count). The zero-order valence-electron chi connectivity index (χ0n) is 11.8. The summed E-state index contributed by atoms with van der Waals surface area (Å²) in [5.41, 5.74) is 0.0618. The number of benzene rings is 1. The second kappa shape index (κ2) is 5.82. The molecule has 0 radical (unpaired) electrons. The van der Waals surface area contributed by atoms with E-state index >= 15 is 0 Å². The molecule has 0 aromatic heterocycles. The van der Waals surface area contributed by atoms with Gasteiger partial charge in [-0.3, -0.25) is 10.1 Å². The van der Waals surface area contributed by atoms with E-state index in [9.17, 15) is 18.5 Å². The number of rotatable bonds is 7. The predicted molar refractivity (Wildman–Crippen MR) is 83.3 cm³/mol. The summed E-state index contributed by atoms with van der Waals surface area (Å²) in [6.07, 6.45) is 3.85. The number of nitrogens with one attached hydrogen (secondary N) is 2. The van der Waals surface area contributed by atoms with Crippen molar-refractivity contribution in [2.45, 2.75) is 22.5 Å². The Morgan fingerprint density at radius 3 is 2.57 bits per heavy atom. The summed E-state index contributed by atoms with van der Waals surface area (Å²) < 4.78 is 27.0. The average molecular weight is 331 g/mol. The molecule has 0 spiro atoms. The van der Waals surface area contributed by atoms with Crippen LogP contribution < -0.4 is 10.0 Å². The van der Waals surface area contributed by atoms with Gasteiger partial charge in [0.1, 0.15) is 0 Å². The number of nitro benzene ring substituents is 1. The van der Waals surface area contributed by atoms with Crippen LogP contribution in [-0.4, -0.2) is 37.9 Å². The molecule has 116 valence electrons. The summed E-state index contributed by atoms with van der Waals surface area (Å²) >= 11 is 1.62. The van der Waals surface area contributed by atoms with Crippen molar-refractivity contribution in [3.8, 4) is 0 Å². The molecule has 1 aliphatic rings. The first kappa shape index (κ1) is 16.1. The van der Waals surface area contributed by atoms with Crippen LogP contribution in [0.3, 0.4) is 0 Å². The van der Waals surface area contributed by atoms with Gasteiger partial charge < -0.3 is 5.32 Å². The quantitative estimate of drug-likeness (QED) is 0.584. The van der Waals surface area contributed by atoms with Gasteiger partial charge in [0.05, 0.1) is 4.92 Å². The Bertz CT molecular complexity index is 656. The minimum Gasteiger partial charge on any atom is -0.388 e. The van der Waals surface area contributed by atoms with Crippen molar-refractivity contribution in [1.82, 2.24) is 4.72 Å². The number of hydrogen-bond acceptors (Lipinski definition) is 6. The van der Waals surface area contributed by atoms with Gasteiger partial charge in [0.2, 0.25) is 10.0 Å². The van der Waals surface area contributed by atoms with Crippen LogP contribution in [0, 0.1) is 10.1 Å². The summed E-state index contributed by atoms with van der Waals surface area (Å²) in [5.74, 6) is 0. The van der Waals surface area contributed by atoms with Crippen molar-refractivity contribution in [2.24, 2.45) is 0 Å². The van der Waals surface area contributed by atoms with Crippen molar-refractivity contribution < 1.29 is 13.3 Å². The maximum Gasteiger partial charge on any atom is 0.291 e. The Morgan fingerprint density at radius 1 is 1.43 bits per heavy atom. The second-order valence-corrected chi connectivity index (χ2v) is 7.91. The molecule has 7 nitrogen and oxygen atoms in total. The van der Waals surface area contributed by atoms with Gasteiger partial charge in [-0.15, -0.1) is 0 Å². The molecule has 1 fully saturated rings. The van der Waals surface area contributed by atoms with E-state index in [-0.39, 0.29) is 9.64 Å². The van der Waals surface area contributed by atoms with E-state index in [1.165, 1.54) is 18.2 Å². The maximum absolute atomic E-state index is 12.3. The first-order valence-electron chi connectivity index (χ1n) is 6.34. The molecule has 1 aromatic rings.